The minimum atomic E-state index is 0.764. The van der Waals surface area contributed by atoms with Gasteiger partial charge in [0.15, 0.2) is 0 Å². The third kappa shape index (κ3) is 2.82. The second-order valence-electron chi connectivity index (χ2n) is 4.86. The number of benzene rings is 1. The highest BCUT2D eigenvalue weighted by molar-refractivity contribution is 5.22. The molecule has 0 heterocycles. The third-order valence-corrected chi connectivity index (χ3v) is 3.56. The molecule has 1 aromatic rings. The van der Waals surface area contributed by atoms with Gasteiger partial charge in [0.2, 0.25) is 0 Å². The Morgan fingerprint density at radius 1 is 1.33 bits per heavy atom. The van der Waals surface area contributed by atoms with Gasteiger partial charge in [-0.1, -0.05) is 29.8 Å². The van der Waals surface area contributed by atoms with Gasteiger partial charge in [-0.25, -0.2) is 0 Å². The standard InChI is InChI=1S/C14H21N/c1-11-4-3-5-12(8-11)9-13-6-7-14(10-13)15-2/h3-5,8,13-15H,6-7,9-10H2,1-2H3. The van der Waals surface area contributed by atoms with E-state index in [1.165, 1.54) is 36.8 Å². The molecule has 0 bridgehead atoms. The zero-order chi connectivity index (χ0) is 10.7. The molecule has 2 unspecified atom stereocenters. The summed E-state index contributed by atoms with van der Waals surface area (Å²) in [6.07, 6.45) is 5.36. The van der Waals surface area contributed by atoms with Crippen LogP contribution < -0.4 is 5.32 Å². The number of rotatable bonds is 3. The van der Waals surface area contributed by atoms with E-state index in [1.54, 1.807) is 0 Å². The van der Waals surface area contributed by atoms with Crippen LogP contribution in [0.3, 0.4) is 0 Å². The minimum Gasteiger partial charge on any atom is -0.317 e. The van der Waals surface area contributed by atoms with Crippen LogP contribution in [0.2, 0.25) is 0 Å². The van der Waals surface area contributed by atoms with Gasteiger partial charge in [-0.3, -0.25) is 0 Å². The van der Waals surface area contributed by atoms with E-state index in [2.05, 4.69) is 43.6 Å². The van der Waals surface area contributed by atoms with Crippen molar-refractivity contribution >= 4 is 0 Å². The van der Waals surface area contributed by atoms with Gasteiger partial charge in [-0.05, 0) is 51.1 Å². The largest absolute Gasteiger partial charge is 0.317 e. The molecule has 82 valence electrons. The number of hydrogen-bond donors (Lipinski definition) is 1. The van der Waals surface area contributed by atoms with Gasteiger partial charge in [0.05, 0.1) is 0 Å². The summed E-state index contributed by atoms with van der Waals surface area (Å²) in [6, 6.07) is 9.70. The molecule has 1 N–H and O–H groups in total. The van der Waals surface area contributed by atoms with Crippen LogP contribution in [0.5, 0.6) is 0 Å². The quantitative estimate of drug-likeness (QED) is 0.796. The average Bonchev–Trinajstić information content (AvgIpc) is 2.65. The van der Waals surface area contributed by atoms with E-state index in [1.807, 2.05) is 0 Å². The van der Waals surface area contributed by atoms with Gasteiger partial charge in [0.1, 0.15) is 0 Å². The molecular formula is C14H21N. The SMILES string of the molecule is CNC1CCC(Cc2cccc(C)c2)C1. The molecule has 1 aliphatic carbocycles. The fourth-order valence-corrected chi connectivity index (χ4v) is 2.69. The van der Waals surface area contributed by atoms with Crippen molar-refractivity contribution in [2.45, 2.75) is 38.6 Å². The first-order valence-corrected chi connectivity index (χ1v) is 6.00. The van der Waals surface area contributed by atoms with E-state index in [9.17, 15) is 0 Å². The molecule has 2 rings (SSSR count). The summed E-state index contributed by atoms with van der Waals surface area (Å²) < 4.78 is 0. The van der Waals surface area contributed by atoms with Gasteiger partial charge in [-0.2, -0.15) is 0 Å². The van der Waals surface area contributed by atoms with E-state index in [0.717, 1.165) is 12.0 Å². The van der Waals surface area contributed by atoms with Crippen molar-refractivity contribution in [3.63, 3.8) is 0 Å². The molecule has 1 saturated carbocycles. The molecule has 1 heteroatoms. The van der Waals surface area contributed by atoms with Crippen LogP contribution in [0.1, 0.15) is 30.4 Å². The molecule has 15 heavy (non-hydrogen) atoms. The van der Waals surface area contributed by atoms with Crippen LogP contribution in [-0.2, 0) is 6.42 Å². The second-order valence-corrected chi connectivity index (χ2v) is 4.86. The van der Waals surface area contributed by atoms with Gasteiger partial charge >= 0.3 is 0 Å². The Morgan fingerprint density at radius 2 is 2.20 bits per heavy atom. The van der Waals surface area contributed by atoms with Crippen LogP contribution in [-0.4, -0.2) is 13.1 Å². The smallest absolute Gasteiger partial charge is 0.00669 e. The van der Waals surface area contributed by atoms with E-state index in [0.29, 0.717) is 0 Å². The Bertz CT molecular complexity index is 319. The first-order chi connectivity index (χ1) is 7.28. The van der Waals surface area contributed by atoms with Gasteiger partial charge < -0.3 is 5.32 Å². The molecular weight excluding hydrogens is 182 g/mol. The molecule has 1 nitrogen and oxygen atoms in total. The molecule has 0 amide bonds. The average molecular weight is 203 g/mol. The van der Waals surface area contributed by atoms with E-state index in [-0.39, 0.29) is 0 Å². The van der Waals surface area contributed by atoms with Crippen molar-refractivity contribution in [3.05, 3.63) is 35.4 Å². The first-order valence-electron chi connectivity index (χ1n) is 6.00. The van der Waals surface area contributed by atoms with Gasteiger partial charge in [0, 0.05) is 6.04 Å². The predicted octanol–water partition coefficient (Wildman–Crippen LogP) is 2.93. The summed E-state index contributed by atoms with van der Waals surface area (Å²) in [7, 11) is 2.08. The van der Waals surface area contributed by atoms with Crippen LogP contribution in [0, 0.1) is 12.8 Å². The number of nitrogens with one attached hydrogen (secondary N) is 1. The van der Waals surface area contributed by atoms with Crippen molar-refractivity contribution in [2.24, 2.45) is 5.92 Å². The van der Waals surface area contributed by atoms with Crippen molar-refractivity contribution in [3.8, 4) is 0 Å². The lowest BCUT2D eigenvalue weighted by Gasteiger charge is -2.11. The maximum absolute atomic E-state index is 3.39. The lowest BCUT2D eigenvalue weighted by molar-refractivity contribution is 0.510. The molecule has 1 fully saturated rings. The summed E-state index contributed by atoms with van der Waals surface area (Å²) in [5.74, 6) is 0.893. The predicted molar refractivity (Wildman–Crippen MR) is 65.1 cm³/mol. The van der Waals surface area contributed by atoms with Crippen LogP contribution in [0.4, 0.5) is 0 Å². The summed E-state index contributed by atoms with van der Waals surface area (Å²) in [6.45, 7) is 2.18. The fraction of sp³-hybridized carbons (Fsp3) is 0.571. The van der Waals surface area contributed by atoms with E-state index >= 15 is 0 Å². The summed E-state index contributed by atoms with van der Waals surface area (Å²) >= 11 is 0. The molecule has 0 aliphatic heterocycles. The summed E-state index contributed by atoms with van der Waals surface area (Å²) in [4.78, 5) is 0. The Morgan fingerprint density at radius 3 is 2.87 bits per heavy atom. The molecule has 0 saturated heterocycles. The number of aryl methyl sites for hydroxylation is 1. The lowest BCUT2D eigenvalue weighted by Crippen LogP contribution is -2.21. The molecule has 2 atom stereocenters. The van der Waals surface area contributed by atoms with Crippen molar-refractivity contribution in [1.29, 1.82) is 0 Å². The van der Waals surface area contributed by atoms with Crippen molar-refractivity contribution in [1.82, 2.24) is 5.32 Å². The van der Waals surface area contributed by atoms with Gasteiger partial charge in [0.25, 0.3) is 0 Å². The van der Waals surface area contributed by atoms with Crippen molar-refractivity contribution in [2.75, 3.05) is 7.05 Å². The third-order valence-electron chi connectivity index (χ3n) is 3.56. The van der Waals surface area contributed by atoms with Crippen molar-refractivity contribution < 1.29 is 0 Å². The Hall–Kier alpha value is -0.820. The monoisotopic (exact) mass is 203 g/mol. The lowest BCUT2D eigenvalue weighted by atomic mass is 9.97. The molecule has 0 radical (unpaired) electrons. The van der Waals surface area contributed by atoms with Crippen LogP contribution in [0.15, 0.2) is 24.3 Å². The first kappa shape index (κ1) is 10.7. The minimum absolute atomic E-state index is 0.764. The zero-order valence-corrected chi connectivity index (χ0v) is 9.79. The summed E-state index contributed by atoms with van der Waals surface area (Å²) in [5, 5.41) is 3.39. The zero-order valence-electron chi connectivity index (χ0n) is 9.79. The highest BCUT2D eigenvalue weighted by Gasteiger charge is 2.23. The molecule has 1 aliphatic rings. The van der Waals surface area contributed by atoms with E-state index < -0.39 is 0 Å². The van der Waals surface area contributed by atoms with Crippen LogP contribution >= 0.6 is 0 Å². The molecule has 0 aromatic heterocycles. The second kappa shape index (κ2) is 4.80. The topological polar surface area (TPSA) is 12.0 Å². The van der Waals surface area contributed by atoms with Crippen LogP contribution in [0.25, 0.3) is 0 Å². The maximum atomic E-state index is 3.39. The Kier molecular flexibility index (Phi) is 3.42. The Labute approximate surface area is 92.9 Å². The molecule has 0 spiro atoms. The summed E-state index contributed by atoms with van der Waals surface area (Å²) in [5.41, 5.74) is 2.90. The van der Waals surface area contributed by atoms with Gasteiger partial charge in [-0.15, -0.1) is 0 Å². The maximum Gasteiger partial charge on any atom is 0.00669 e. The fourth-order valence-electron chi connectivity index (χ4n) is 2.69. The highest BCUT2D eigenvalue weighted by Crippen LogP contribution is 2.28. The normalized spacial score (nSPS) is 25.7. The molecule has 1 aromatic carbocycles. The van der Waals surface area contributed by atoms with E-state index in [4.69, 9.17) is 0 Å². The highest BCUT2D eigenvalue weighted by atomic mass is 14.9. The Balaban J connectivity index is 1.92. The number of hydrogen-bond acceptors (Lipinski definition) is 1.